The standard InChI is InChI=1S/C13H30N2O2/c1-6-15(7-2)11(3)8-14(9-12(4)16)10-13(5)17/h11-13,16-17H,6-10H2,1-5H3. The van der Waals surface area contributed by atoms with Crippen LogP contribution in [0.3, 0.4) is 0 Å². The summed E-state index contributed by atoms with van der Waals surface area (Å²) in [6.45, 7) is 14.3. The SMILES string of the molecule is CCN(CC)C(C)CN(CC(C)O)CC(C)O. The zero-order chi connectivity index (χ0) is 13.4. The van der Waals surface area contributed by atoms with Crippen LogP contribution in [0, 0.1) is 0 Å². The molecular weight excluding hydrogens is 216 g/mol. The topological polar surface area (TPSA) is 46.9 Å². The van der Waals surface area contributed by atoms with E-state index in [4.69, 9.17) is 0 Å². The fourth-order valence-corrected chi connectivity index (χ4v) is 2.31. The summed E-state index contributed by atoms with van der Waals surface area (Å²) in [5.74, 6) is 0. The zero-order valence-electron chi connectivity index (χ0n) is 12.1. The van der Waals surface area contributed by atoms with E-state index < -0.39 is 0 Å². The molecule has 17 heavy (non-hydrogen) atoms. The molecule has 4 heteroatoms. The number of nitrogens with zero attached hydrogens (tertiary/aromatic N) is 2. The van der Waals surface area contributed by atoms with Crippen molar-refractivity contribution in [1.82, 2.24) is 9.80 Å². The van der Waals surface area contributed by atoms with Crippen molar-refractivity contribution in [1.29, 1.82) is 0 Å². The molecule has 104 valence electrons. The van der Waals surface area contributed by atoms with Crippen LogP contribution in [0.4, 0.5) is 0 Å². The van der Waals surface area contributed by atoms with Gasteiger partial charge in [0, 0.05) is 25.7 Å². The fourth-order valence-electron chi connectivity index (χ4n) is 2.31. The van der Waals surface area contributed by atoms with Gasteiger partial charge in [0.25, 0.3) is 0 Å². The van der Waals surface area contributed by atoms with E-state index in [0.717, 1.165) is 19.6 Å². The van der Waals surface area contributed by atoms with E-state index in [1.807, 2.05) is 0 Å². The van der Waals surface area contributed by atoms with Gasteiger partial charge in [0.1, 0.15) is 0 Å². The van der Waals surface area contributed by atoms with E-state index in [1.54, 1.807) is 13.8 Å². The molecule has 0 saturated heterocycles. The maximum atomic E-state index is 9.46. The molecule has 3 atom stereocenters. The number of aliphatic hydroxyl groups is 2. The second-order valence-electron chi connectivity index (χ2n) is 4.99. The van der Waals surface area contributed by atoms with Crippen LogP contribution in [0.25, 0.3) is 0 Å². The van der Waals surface area contributed by atoms with Gasteiger partial charge in [-0.3, -0.25) is 9.80 Å². The maximum Gasteiger partial charge on any atom is 0.0639 e. The second kappa shape index (κ2) is 8.86. The Labute approximate surface area is 106 Å². The molecule has 0 bridgehead atoms. The lowest BCUT2D eigenvalue weighted by Gasteiger charge is -2.33. The van der Waals surface area contributed by atoms with Crippen LogP contribution in [0.5, 0.6) is 0 Å². The lowest BCUT2D eigenvalue weighted by molar-refractivity contribution is 0.0643. The monoisotopic (exact) mass is 246 g/mol. The summed E-state index contributed by atoms with van der Waals surface area (Å²) >= 11 is 0. The Morgan fingerprint density at radius 1 is 0.824 bits per heavy atom. The van der Waals surface area contributed by atoms with E-state index in [2.05, 4.69) is 30.6 Å². The van der Waals surface area contributed by atoms with Gasteiger partial charge >= 0.3 is 0 Å². The second-order valence-corrected chi connectivity index (χ2v) is 4.99. The van der Waals surface area contributed by atoms with Crippen molar-refractivity contribution >= 4 is 0 Å². The molecule has 0 saturated carbocycles. The summed E-state index contributed by atoms with van der Waals surface area (Å²) in [5, 5.41) is 18.9. The quantitative estimate of drug-likeness (QED) is 0.631. The molecule has 0 spiro atoms. The van der Waals surface area contributed by atoms with Crippen LogP contribution in [-0.2, 0) is 0 Å². The highest BCUT2D eigenvalue weighted by Crippen LogP contribution is 2.04. The molecule has 0 aromatic carbocycles. The highest BCUT2D eigenvalue weighted by Gasteiger charge is 2.17. The first-order valence-corrected chi connectivity index (χ1v) is 6.73. The van der Waals surface area contributed by atoms with Crippen molar-refractivity contribution in [2.24, 2.45) is 0 Å². The number of likely N-dealkylation sites (N-methyl/N-ethyl adjacent to an activating group) is 1. The van der Waals surface area contributed by atoms with Crippen LogP contribution in [-0.4, -0.2) is 71.0 Å². The molecule has 0 aliphatic heterocycles. The first-order valence-electron chi connectivity index (χ1n) is 6.73. The smallest absolute Gasteiger partial charge is 0.0639 e. The number of hydrogen-bond acceptors (Lipinski definition) is 4. The minimum atomic E-state index is -0.349. The van der Waals surface area contributed by atoms with Gasteiger partial charge in [0.15, 0.2) is 0 Å². The first-order chi connectivity index (χ1) is 7.90. The molecule has 0 aliphatic rings. The van der Waals surface area contributed by atoms with Crippen LogP contribution in [0.2, 0.25) is 0 Å². The Bertz CT molecular complexity index is 172. The minimum absolute atomic E-state index is 0.349. The summed E-state index contributed by atoms with van der Waals surface area (Å²) in [6.07, 6.45) is -0.699. The summed E-state index contributed by atoms with van der Waals surface area (Å²) in [4.78, 5) is 4.52. The Morgan fingerprint density at radius 2 is 1.24 bits per heavy atom. The van der Waals surface area contributed by atoms with Crippen molar-refractivity contribution in [2.45, 2.75) is 52.9 Å². The lowest BCUT2D eigenvalue weighted by atomic mass is 10.2. The molecule has 0 aromatic heterocycles. The van der Waals surface area contributed by atoms with Crippen molar-refractivity contribution in [2.75, 3.05) is 32.7 Å². The summed E-state index contributed by atoms with van der Waals surface area (Å²) in [6, 6.07) is 0.447. The van der Waals surface area contributed by atoms with E-state index >= 15 is 0 Å². The third-order valence-corrected chi connectivity index (χ3v) is 3.00. The first kappa shape index (κ1) is 16.8. The van der Waals surface area contributed by atoms with Gasteiger partial charge in [0.05, 0.1) is 12.2 Å². The van der Waals surface area contributed by atoms with Gasteiger partial charge in [-0.25, -0.2) is 0 Å². The Kier molecular flexibility index (Phi) is 8.78. The molecule has 0 aliphatic carbocycles. The van der Waals surface area contributed by atoms with Gasteiger partial charge in [-0.15, -0.1) is 0 Å². The average Bonchev–Trinajstić information content (AvgIpc) is 2.16. The minimum Gasteiger partial charge on any atom is -0.392 e. The molecule has 0 aromatic rings. The highest BCUT2D eigenvalue weighted by molar-refractivity contribution is 4.73. The van der Waals surface area contributed by atoms with E-state index in [9.17, 15) is 10.2 Å². The number of hydrogen-bond donors (Lipinski definition) is 2. The van der Waals surface area contributed by atoms with Gasteiger partial charge < -0.3 is 10.2 Å². The summed E-state index contributed by atoms with van der Waals surface area (Å²) in [7, 11) is 0. The summed E-state index contributed by atoms with van der Waals surface area (Å²) < 4.78 is 0. The van der Waals surface area contributed by atoms with Gasteiger partial charge in [-0.2, -0.15) is 0 Å². The van der Waals surface area contributed by atoms with Gasteiger partial charge in [0.2, 0.25) is 0 Å². The molecule has 2 N–H and O–H groups in total. The normalized spacial score (nSPS) is 17.5. The molecule has 0 radical (unpaired) electrons. The number of rotatable bonds is 9. The van der Waals surface area contributed by atoms with Gasteiger partial charge in [-0.1, -0.05) is 13.8 Å². The third kappa shape index (κ3) is 7.71. The summed E-state index contributed by atoms with van der Waals surface area (Å²) in [5.41, 5.74) is 0. The number of aliphatic hydroxyl groups excluding tert-OH is 2. The molecule has 4 nitrogen and oxygen atoms in total. The van der Waals surface area contributed by atoms with Crippen molar-refractivity contribution in [3.63, 3.8) is 0 Å². The predicted molar refractivity (Wildman–Crippen MR) is 72.2 cm³/mol. The third-order valence-electron chi connectivity index (χ3n) is 3.00. The Morgan fingerprint density at radius 3 is 1.53 bits per heavy atom. The van der Waals surface area contributed by atoms with Crippen LogP contribution in [0.1, 0.15) is 34.6 Å². The van der Waals surface area contributed by atoms with Crippen LogP contribution >= 0.6 is 0 Å². The Balaban J connectivity index is 4.29. The average molecular weight is 246 g/mol. The van der Waals surface area contributed by atoms with Crippen LogP contribution < -0.4 is 0 Å². The van der Waals surface area contributed by atoms with E-state index in [-0.39, 0.29) is 12.2 Å². The van der Waals surface area contributed by atoms with E-state index in [0.29, 0.717) is 19.1 Å². The van der Waals surface area contributed by atoms with Crippen LogP contribution in [0.15, 0.2) is 0 Å². The molecule has 0 amide bonds. The largest absolute Gasteiger partial charge is 0.392 e. The molecule has 0 fully saturated rings. The van der Waals surface area contributed by atoms with Gasteiger partial charge in [-0.05, 0) is 33.9 Å². The van der Waals surface area contributed by atoms with Crippen molar-refractivity contribution in [3.05, 3.63) is 0 Å². The zero-order valence-corrected chi connectivity index (χ0v) is 12.1. The molecule has 3 unspecified atom stereocenters. The predicted octanol–water partition coefficient (Wildman–Crippen LogP) is 0.780. The fraction of sp³-hybridized carbons (Fsp3) is 1.00. The highest BCUT2D eigenvalue weighted by atomic mass is 16.3. The molecular formula is C13H30N2O2. The molecule has 0 rings (SSSR count). The van der Waals surface area contributed by atoms with E-state index in [1.165, 1.54) is 0 Å². The maximum absolute atomic E-state index is 9.46. The van der Waals surface area contributed by atoms with Crippen molar-refractivity contribution in [3.8, 4) is 0 Å². The van der Waals surface area contributed by atoms with Crippen molar-refractivity contribution < 1.29 is 10.2 Å². The lowest BCUT2D eigenvalue weighted by Crippen LogP contribution is -2.46. The molecule has 0 heterocycles. The Hall–Kier alpha value is -0.160.